The Morgan fingerprint density at radius 1 is 0.885 bits per heavy atom. The van der Waals surface area contributed by atoms with E-state index in [1.807, 2.05) is 31.3 Å². The van der Waals surface area contributed by atoms with Crippen molar-refractivity contribution in [2.75, 3.05) is 0 Å². The van der Waals surface area contributed by atoms with E-state index in [-0.39, 0.29) is 30.7 Å². The van der Waals surface area contributed by atoms with Crippen molar-refractivity contribution in [3.05, 3.63) is 60.7 Å². The molecule has 0 heterocycles. The average Bonchev–Trinajstić information content (AvgIpc) is 2.62. The summed E-state index contributed by atoms with van der Waals surface area (Å²) in [6.07, 6.45) is 1.23. The minimum Gasteiger partial charge on any atom is -0.351 e. The van der Waals surface area contributed by atoms with Crippen LogP contribution in [0.5, 0.6) is 0 Å². The number of hydrogen-bond donors (Lipinski definition) is 2. The highest BCUT2D eigenvalue weighted by Gasteiger charge is 2.32. The molecule has 2 aromatic carbocycles. The zero-order valence-electron chi connectivity index (χ0n) is 14.8. The van der Waals surface area contributed by atoms with Gasteiger partial charge >= 0.3 is 6.03 Å². The van der Waals surface area contributed by atoms with Gasteiger partial charge in [0.15, 0.2) is 0 Å². The molecule has 3 amide bonds. The number of amides is 3. The lowest BCUT2D eigenvalue weighted by Crippen LogP contribution is -2.46. The fraction of sp³-hybridized carbons (Fsp3) is 0.263. The van der Waals surface area contributed by atoms with Gasteiger partial charge < -0.3 is 5.73 Å². The Bertz CT molecular complexity index is 614. The summed E-state index contributed by atoms with van der Waals surface area (Å²) >= 11 is 3.26. The molecule has 0 unspecified atom stereocenters. The van der Waals surface area contributed by atoms with Gasteiger partial charge in [-0.2, -0.15) is 0 Å². The van der Waals surface area contributed by atoms with Crippen LogP contribution in [0.1, 0.15) is 26.7 Å². The van der Waals surface area contributed by atoms with Crippen molar-refractivity contribution in [2.45, 2.75) is 31.0 Å². The Morgan fingerprint density at radius 2 is 1.23 bits per heavy atom. The number of urea groups is 1. The molecule has 2 rings (SSSR count). The van der Waals surface area contributed by atoms with E-state index in [0.717, 1.165) is 0 Å². The van der Waals surface area contributed by atoms with E-state index < -0.39 is 10.4 Å². The quantitative estimate of drug-likeness (QED) is 0.601. The van der Waals surface area contributed by atoms with Crippen molar-refractivity contribution < 1.29 is 9.59 Å². The number of halogens is 3. The van der Waals surface area contributed by atoms with E-state index in [1.165, 1.54) is 11.1 Å². The number of carbonyl (C=O) groups is 2. The second kappa shape index (κ2) is 13.6. The van der Waals surface area contributed by atoms with E-state index in [9.17, 15) is 9.59 Å². The number of benzene rings is 2. The van der Waals surface area contributed by atoms with Crippen molar-refractivity contribution in [3.8, 4) is 11.1 Å². The maximum atomic E-state index is 11.3. The molecular formula is C19H25BrCl2N2O2. The van der Waals surface area contributed by atoms with E-state index in [4.69, 9.17) is 5.73 Å². The minimum absolute atomic E-state index is 0. The van der Waals surface area contributed by atoms with Gasteiger partial charge in [-0.25, -0.2) is 4.79 Å². The number of imide groups is 1. The molecule has 26 heavy (non-hydrogen) atoms. The second-order valence-corrected chi connectivity index (χ2v) is 6.74. The maximum Gasteiger partial charge on any atom is 0.318 e. The lowest BCUT2D eigenvalue weighted by atomic mass is 10.0. The van der Waals surface area contributed by atoms with Gasteiger partial charge in [0.05, 0.1) is 0 Å². The normalized spacial score (nSPS) is 9.50. The molecule has 0 fully saturated rings. The largest absolute Gasteiger partial charge is 0.351 e. The maximum absolute atomic E-state index is 11.3. The van der Waals surface area contributed by atoms with Gasteiger partial charge in [0, 0.05) is 0 Å². The first kappa shape index (κ1) is 26.7. The van der Waals surface area contributed by atoms with Crippen LogP contribution in [0.25, 0.3) is 11.1 Å². The summed E-state index contributed by atoms with van der Waals surface area (Å²) in [6.45, 7) is 3.72. The SMILES string of the molecule is CCC(Br)(CC)C(=O)NC(N)=O.Cl.Cl.c1ccc(-c2ccccc2)cc1. The Hall–Kier alpha value is -1.56. The highest BCUT2D eigenvalue weighted by Crippen LogP contribution is 2.26. The third-order valence-electron chi connectivity index (χ3n) is 3.65. The van der Waals surface area contributed by atoms with Gasteiger partial charge in [-0.05, 0) is 24.0 Å². The summed E-state index contributed by atoms with van der Waals surface area (Å²) in [7, 11) is 0. The molecule has 7 heteroatoms. The smallest absolute Gasteiger partial charge is 0.318 e. The Morgan fingerprint density at radius 3 is 1.50 bits per heavy atom. The zero-order valence-corrected chi connectivity index (χ0v) is 18.0. The molecule has 0 atom stereocenters. The van der Waals surface area contributed by atoms with Crippen LogP contribution >= 0.6 is 40.7 Å². The first-order valence-electron chi connectivity index (χ1n) is 7.83. The number of primary amides is 1. The topological polar surface area (TPSA) is 72.2 Å². The van der Waals surface area contributed by atoms with E-state index >= 15 is 0 Å². The van der Waals surface area contributed by atoms with Crippen molar-refractivity contribution in [2.24, 2.45) is 5.73 Å². The lowest BCUT2D eigenvalue weighted by molar-refractivity contribution is -0.122. The lowest BCUT2D eigenvalue weighted by Gasteiger charge is -2.21. The number of alkyl halides is 1. The molecule has 0 radical (unpaired) electrons. The number of nitrogens with two attached hydrogens (primary N) is 1. The van der Waals surface area contributed by atoms with Crippen molar-refractivity contribution >= 4 is 52.7 Å². The number of hydrogen-bond acceptors (Lipinski definition) is 2. The van der Waals surface area contributed by atoms with Crippen molar-refractivity contribution in [3.63, 3.8) is 0 Å². The van der Waals surface area contributed by atoms with Crippen molar-refractivity contribution in [1.29, 1.82) is 0 Å². The van der Waals surface area contributed by atoms with Crippen LogP contribution in [-0.4, -0.2) is 16.3 Å². The fourth-order valence-corrected chi connectivity index (χ4v) is 2.16. The summed E-state index contributed by atoms with van der Waals surface area (Å²) in [5.41, 5.74) is 7.36. The summed E-state index contributed by atoms with van der Waals surface area (Å²) < 4.78 is -0.665. The van der Waals surface area contributed by atoms with E-state index in [1.54, 1.807) is 0 Å². The van der Waals surface area contributed by atoms with Gasteiger partial charge in [0.25, 0.3) is 0 Å². The fourth-order valence-electron chi connectivity index (χ4n) is 2.06. The average molecular weight is 464 g/mol. The molecule has 0 aliphatic rings. The Balaban J connectivity index is 0. The Labute approximate surface area is 175 Å². The molecule has 0 aliphatic heterocycles. The number of nitrogens with one attached hydrogen (secondary N) is 1. The molecule has 0 aliphatic carbocycles. The van der Waals surface area contributed by atoms with Crippen LogP contribution in [-0.2, 0) is 4.79 Å². The molecule has 144 valence electrons. The monoisotopic (exact) mass is 462 g/mol. The van der Waals surface area contributed by atoms with Crippen molar-refractivity contribution in [1.82, 2.24) is 5.32 Å². The highest BCUT2D eigenvalue weighted by molar-refractivity contribution is 9.10. The zero-order chi connectivity index (χ0) is 18.0. The molecule has 0 aromatic heterocycles. The van der Waals surface area contributed by atoms with Crippen LogP contribution < -0.4 is 11.1 Å². The van der Waals surface area contributed by atoms with Gasteiger partial charge in [-0.1, -0.05) is 90.4 Å². The third-order valence-corrected chi connectivity index (χ3v) is 5.13. The standard InChI is InChI=1S/C12H10.C7H13BrN2O2.2ClH/c1-3-7-11(8-4-1)12-9-5-2-6-10-12;1-3-7(8,4-2)5(11)10-6(9)12;;/h1-10H;3-4H2,1-2H3,(H3,9,10,11,12);2*1H. The van der Waals surface area contributed by atoms with Gasteiger partial charge in [0.2, 0.25) is 5.91 Å². The van der Waals surface area contributed by atoms with Crippen LogP contribution in [0.3, 0.4) is 0 Å². The van der Waals surface area contributed by atoms with Gasteiger partial charge in [-0.3, -0.25) is 10.1 Å². The summed E-state index contributed by atoms with van der Waals surface area (Å²) in [4.78, 5) is 21.6. The van der Waals surface area contributed by atoms with Crippen LogP contribution in [0.4, 0.5) is 4.79 Å². The first-order valence-corrected chi connectivity index (χ1v) is 8.62. The molecule has 0 bridgehead atoms. The Kier molecular flexibility index (Phi) is 14.0. The molecule has 0 spiro atoms. The number of rotatable bonds is 4. The molecule has 0 saturated carbocycles. The molecule has 4 nitrogen and oxygen atoms in total. The van der Waals surface area contributed by atoms with Gasteiger partial charge in [0.1, 0.15) is 4.32 Å². The van der Waals surface area contributed by atoms with Crippen LogP contribution in [0.15, 0.2) is 60.7 Å². The van der Waals surface area contributed by atoms with Crippen LogP contribution in [0, 0.1) is 0 Å². The van der Waals surface area contributed by atoms with Crippen LogP contribution in [0.2, 0.25) is 0 Å². The minimum atomic E-state index is -0.814. The first-order chi connectivity index (χ1) is 11.4. The highest BCUT2D eigenvalue weighted by atomic mass is 79.9. The summed E-state index contributed by atoms with van der Waals surface area (Å²) in [5, 5.41) is 2.04. The van der Waals surface area contributed by atoms with E-state index in [0.29, 0.717) is 12.8 Å². The third kappa shape index (κ3) is 8.70. The van der Waals surface area contributed by atoms with Gasteiger partial charge in [-0.15, -0.1) is 24.8 Å². The molecule has 0 saturated heterocycles. The molecule has 2 aromatic rings. The molecular weight excluding hydrogens is 439 g/mol. The number of carbonyl (C=O) groups excluding carboxylic acids is 2. The second-order valence-electron chi connectivity index (χ2n) is 5.22. The van der Waals surface area contributed by atoms with E-state index in [2.05, 4.69) is 64.5 Å². The predicted molar refractivity (Wildman–Crippen MR) is 116 cm³/mol. The summed E-state index contributed by atoms with van der Waals surface area (Å²) in [6, 6.07) is 20.0. The molecule has 3 N–H and O–H groups in total. The summed E-state index contributed by atoms with van der Waals surface area (Å²) in [5.74, 6) is -0.375. The predicted octanol–water partition coefficient (Wildman–Crippen LogP) is 5.33.